The Labute approximate surface area is 164 Å². The van der Waals surface area contributed by atoms with Crippen LogP contribution in [0.2, 0.25) is 0 Å². The van der Waals surface area contributed by atoms with Gasteiger partial charge in [-0.1, -0.05) is 49.0 Å². The molecule has 1 aromatic carbocycles. The largest absolute Gasteiger partial charge is 0.355 e. The van der Waals surface area contributed by atoms with Gasteiger partial charge in [0, 0.05) is 12.5 Å². The number of nitrogens with one attached hydrogen (secondary N) is 1. The van der Waals surface area contributed by atoms with Crippen LogP contribution in [0, 0.1) is 6.92 Å². The van der Waals surface area contributed by atoms with Crippen LogP contribution in [-0.4, -0.2) is 34.0 Å². The lowest BCUT2D eigenvalue weighted by atomic mass is 10.0. The molecule has 0 bridgehead atoms. The first kappa shape index (κ1) is 19.5. The molecule has 1 amide bonds. The summed E-state index contributed by atoms with van der Waals surface area (Å²) in [6, 6.07) is 10.1. The number of rotatable bonds is 8. The van der Waals surface area contributed by atoms with Gasteiger partial charge < -0.3 is 5.32 Å². The summed E-state index contributed by atoms with van der Waals surface area (Å²) in [6.07, 6.45) is 2.20. The molecule has 0 saturated heterocycles. The van der Waals surface area contributed by atoms with Crippen LogP contribution in [0.5, 0.6) is 0 Å². The van der Waals surface area contributed by atoms with Gasteiger partial charge in [0.05, 0.1) is 17.0 Å². The van der Waals surface area contributed by atoms with Crippen LogP contribution in [0.1, 0.15) is 66.0 Å². The van der Waals surface area contributed by atoms with Gasteiger partial charge in [-0.05, 0) is 38.2 Å². The summed E-state index contributed by atoms with van der Waals surface area (Å²) in [7, 11) is 0. The number of ketones is 1. The molecule has 1 fully saturated rings. The third-order valence-corrected chi connectivity index (χ3v) is 5.66. The smallest absolute Gasteiger partial charge is 0.230 e. The van der Waals surface area contributed by atoms with E-state index in [1.54, 1.807) is 0 Å². The van der Waals surface area contributed by atoms with Crippen molar-refractivity contribution in [2.75, 3.05) is 12.3 Å². The van der Waals surface area contributed by atoms with Gasteiger partial charge in [-0.15, -0.1) is 0 Å². The Balaban J connectivity index is 1.60. The van der Waals surface area contributed by atoms with Gasteiger partial charge in [0.15, 0.2) is 5.78 Å². The molecule has 27 heavy (non-hydrogen) atoms. The number of benzene rings is 1. The first-order chi connectivity index (χ1) is 13.0. The van der Waals surface area contributed by atoms with Crippen LogP contribution >= 0.6 is 11.8 Å². The summed E-state index contributed by atoms with van der Waals surface area (Å²) in [5.74, 6) is 1.58. The normalized spacial score (nSPS) is 14.6. The predicted molar refractivity (Wildman–Crippen MR) is 107 cm³/mol. The molecule has 5 nitrogen and oxygen atoms in total. The Morgan fingerprint density at radius 1 is 1.22 bits per heavy atom. The minimum absolute atomic E-state index is 0.0541. The molecule has 1 atom stereocenters. The number of aromatic nitrogens is 2. The molecular weight excluding hydrogens is 358 g/mol. The van der Waals surface area contributed by atoms with E-state index in [4.69, 9.17) is 0 Å². The van der Waals surface area contributed by atoms with Crippen LogP contribution < -0.4 is 5.32 Å². The molecule has 0 aliphatic heterocycles. The Kier molecular flexibility index (Phi) is 6.26. The number of aryl methyl sites for hydroxylation is 1. The number of amides is 1. The van der Waals surface area contributed by atoms with Gasteiger partial charge in [0.25, 0.3) is 0 Å². The van der Waals surface area contributed by atoms with E-state index in [1.807, 2.05) is 25.1 Å². The molecule has 1 heterocycles. The van der Waals surface area contributed by atoms with Crippen molar-refractivity contribution in [1.29, 1.82) is 0 Å². The zero-order chi connectivity index (χ0) is 19.4. The highest BCUT2D eigenvalue weighted by Crippen LogP contribution is 2.39. The fraction of sp³-hybridized carbons (Fsp3) is 0.429. The molecule has 0 spiro atoms. The summed E-state index contributed by atoms with van der Waals surface area (Å²) in [4.78, 5) is 33.4. The van der Waals surface area contributed by atoms with E-state index >= 15 is 0 Å². The van der Waals surface area contributed by atoms with Crippen LogP contribution in [0.15, 0.2) is 35.4 Å². The monoisotopic (exact) mass is 383 g/mol. The third-order valence-electron chi connectivity index (χ3n) is 4.68. The zero-order valence-electron chi connectivity index (χ0n) is 16.0. The number of hydrogen-bond donors (Lipinski definition) is 1. The average Bonchev–Trinajstić information content (AvgIpc) is 3.49. The summed E-state index contributed by atoms with van der Waals surface area (Å²) >= 11 is 1.32. The van der Waals surface area contributed by atoms with E-state index in [0.717, 1.165) is 18.7 Å². The molecule has 142 valence electrons. The first-order valence-corrected chi connectivity index (χ1v) is 10.3. The lowest BCUT2D eigenvalue weighted by molar-refractivity contribution is -0.118. The van der Waals surface area contributed by atoms with E-state index in [-0.39, 0.29) is 23.4 Å². The predicted octanol–water partition coefficient (Wildman–Crippen LogP) is 3.88. The van der Waals surface area contributed by atoms with Crippen LogP contribution in [0.4, 0.5) is 0 Å². The number of hydrogen-bond acceptors (Lipinski definition) is 5. The summed E-state index contributed by atoms with van der Waals surface area (Å²) in [6.45, 7) is 6.04. The summed E-state index contributed by atoms with van der Waals surface area (Å²) in [5, 5.41) is 3.60. The van der Waals surface area contributed by atoms with Crippen LogP contribution in [-0.2, 0) is 4.79 Å². The highest BCUT2D eigenvalue weighted by Gasteiger charge is 2.29. The molecule has 3 rings (SSSR count). The van der Waals surface area contributed by atoms with Crippen molar-refractivity contribution >= 4 is 23.5 Å². The molecule has 1 aliphatic rings. The van der Waals surface area contributed by atoms with Crippen molar-refractivity contribution in [3.63, 3.8) is 0 Å². The van der Waals surface area contributed by atoms with Gasteiger partial charge >= 0.3 is 0 Å². The Morgan fingerprint density at radius 2 is 1.93 bits per heavy atom. The second-order valence-electron chi connectivity index (χ2n) is 7.08. The zero-order valence-corrected chi connectivity index (χ0v) is 16.8. The maximum Gasteiger partial charge on any atom is 0.230 e. The lowest BCUT2D eigenvalue weighted by Crippen LogP contribution is -2.29. The minimum atomic E-state index is -0.0598. The number of Topliss-reactive ketones (excluding diaryl/α,β-unsaturated/α-hetero) is 1. The van der Waals surface area contributed by atoms with Gasteiger partial charge in [-0.3, -0.25) is 9.59 Å². The molecule has 1 aromatic heterocycles. The van der Waals surface area contributed by atoms with Gasteiger partial charge in [0.1, 0.15) is 10.9 Å². The molecule has 0 radical (unpaired) electrons. The summed E-state index contributed by atoms with van der Waals surface area (Å²) < 4.78 is 0. The van der Waals surface area contributed by atoms with Crippen molar-refractivity contribution in [3.8, 4) is 0 Å². The number of carbonyl (C=O) groups is 2. The van der Waals surface area contributed by atoms with E-state index in [0.29, 0.717) is 28.7 Å². The topological polar surface area (TPSA) is 72.0 Å². The molecular formula is C21H25N3O2S. The second-order valence-corrected chi connectivity index (χ2v) is 8.05. The fourth-order valence-corrected chi connectivity index (χ4v) is 3.92. The highest BCUT2D eigenvalue weighted by atomic mass is 32.2. The molecule has 1 unspecified atom stereocenters. The van der Waals surface area contributed by atoms with Gasteiger partial charge in [-0.2, -0.15) is 0 Å². The Hall–Kier alpha value is -2.21. The molecule has 1 saturated carbocycles. The molecule has 6 heteroatoms. The Morgan fingerprint density at radius 3 is 2.56 bits per heavy atom. The molecule has 2 aromatic rings. The number of carbonyl (C=O) groups excluding carboxylic acids is 2. The average molecular weight is 384 g/mol. The SMILES string of the molecule is CC(=O)c1c(C)nc(C2CC2)nc1SCC(=O)NCC(C)c1ccccc1. The fourth-order valence-electron chi connectivity index (χ4n) is 2.95. The van der Waals surface area contributed by atoms with Crippen molar-refractivity contribution in [2.24, 2.45) is 0 Å². The maximum atomic E-state index is 12.3. The lowest BCUT2D eigenvalue weighted by Gasteiger charge is -2.14. The summed E-state index contributed by atoms with van der Waals surface area (Å²) in [5.41, 5.74) is 2.44. The van der Waals surface area contributed by atoms with Crippen LogP contribution in [0.25, 0.3) is 0 Å². The van der Waals surface area contributed by atoms with Crippen molar-refractivity contribution in [1.82, 2.24) is 15.3 Å². The number of thioether (sulfide) groups is 1. The van der Waals surface area contributed by atoms with E-state index < -0.39 is 0 Å². The highest BCUT2D eigenvalue weighted by molar-refractivity contribution is 8.00. The van der Waals surface area contributed by atoms with Crippen LogP contribution in [0.3, 0.4) is 0 Å². The third kappa shape index (κ3) is 5.16. The first-order valence-electron chi connectivity index (χ1n) is 9.29. The van der Waals surface area contributed by atoms with E-state index in [2.05, 4.69) is 34.3 Å². The van der Waals surface area contributed by atoms with Gasteiger partial charge in [-0.25, -0.2) is 9.97 Å². The van der Waals surface area contributed by atoms with Gasteiger partial charge in [0.2, 0.25) is 5.91 Å². The number of nitrogens with zero attached hydrogens (tertiary/aromatic N) is 2. The van der Waals surface area contributed by atoms with Crippen molar-refractivity contribution in [2.45, 2.75) is 50.5 Å². The standard InChI is InChI=1S/C21H25N3O2S/c1-13(16-7-5-4-6-8-16)11-22-18(26)12-27-21-19(15(3)25)14(2)23-20(24-21)17-9-10-17/h4-8,13,17H,9-12H2,1-3H3,(H,22,26). The van der Waals surface area contributed by atoms with Crippen molar-refractivity contribution in [3.05, 3.63) is 53.0 Å². The minimum Gasteiger partial charge on any atom is -0.355 e. The van der Waals surface area contributed by atoms with E-state index in [9.17, 15) is 9.59 Å². The maximum absolute atomic E-state index is 12.3. The van der Waals surface area contributed by atoms with Crippen molar-refractivity contribution < 1.29 is 9.59 Å². The Bertz CT molecular complexity index is 835. The molecule has 1 aliphatic carbocycles. The quantitative estimate of drug-likeness (QED) is 0.425. The van der Waals surface area contributed by atoms with E-state index in [1.165, 1.54) is 24.2 Å². The molecule has 1 N–H and O–H groups in total. The second kappa shape index (κ2) is 8.65.